The molecule has 0 aromatic heterocycles. The molecule has 0 saturated carbocycles. The summed E-state index contributed by atoms with van der Waals surface area (Å²) in [6.07, 6.45) is 1.97. The van der Waals surface area contributed by atoms with Gasteiger partial charge in [-0.2, -0.15) is 5.26 Å². The van der Waals surface area contributed by atoms with Crippen LogP contribution in [0.25, 0.3) is 0 Å². The lowest BCUT2D eigenvalue weighted by atomic mass is 10.3. The summed E-state index contributed by atoms with van der Waals surface area (Å²) in [6, 6.07) is 7.22. The van der Waals surface area contributed by atoms with E-state index < -0.39 is 0 Å². The maximum Gasteiger partial charge on any atom is 0.184 e. The minimum Gasteiger partial charge on any atom is -0.281 e. The van der Waals surface area contributed by atoms with Gasteiger partial charge >= 0.3 is 0 Å². The van der Waals surface area contributed by atoms with Crippen LogP contribution in [0.4, 0.5) is 5.69 Å². The molecule has 0 radical (unpaired) electrons. The van der Waals surface area contributed by atoms with Gasteiger partial charge in [0.1, 0.15) is 0 Å². The first-order chi connectivity index (χ1) is 5.25. The van der Waals surface area contributed by atoms with E-state index in [1.165, 1.54) is 4.90 Å². The van der Waals surface area contributed by atoms with Gasteiger partial charge in [0, 0.05) is 7.05 Å². The highest BCUT2D eigenvalue weighted by Gasteiger charge is 2.01. The van der Waals surface area contributed by atoms with Crippen molar-refractivity contribution in [2.24, 2.45) is 0 Å². The van der Waals surface area contributed by atoms with E-state index in [0.29, 0.717) is 5.02 Å². The Morgan fingerprint density at radius 1 is 1.45 bits per heavy atom. The number of nitriles is 1. The smallest absolute Gasteiger partial charge is 0.184 e. The Hall–Kier alpha value is -1.20. The average Bonchev–Trinajstić information content (AvgIpc) is 2.04. The molecule has 0 bridgehead atoms. The van der Waals surface area contributed by atoms with Crippen LogP contribution in [0.5, 0.6) is 0 Å². The molecule has 1 rings (SSSR count). The number of benzene rings is 1. The molecule has 0 heterocycles. The predicted molar refractivity (Wildman–Crippen MR) is 45.5 cm³/mol. The number of anilines is 1. The molecule has 11 heavy (non-hydrogen) atoms. The van der Waals surface area contributed by atoms with Crippen molar-refractivity contribution >= 4 is 17.3 Å². The number of rotatable bonds is 1. The predicted octanol–water partition coefficient (Wildman–Crippen LogP) is 2.26. The largest absolute Gasteiger partial charge is 0.281 e. The Kier molecular flexibility index (Phi) is 2.35. The van der Waals surface area contributed by atoms with Crippen molar-refractivity contribution in [2.45, 2.75) is 0 Å². The van der Waals surface area contributed by atoms with E-state index in [1.807, 2.05) is 18.3 Å². The lowest BCUT2D eigenvalue weighted by Crippen LogP contribution is -2.07. The van der Waals surface area contributed by atoms with Crippen LogP contribution in [0.2, 0.25) is 5.02 Å². The van der Waals surface area contributed by atoms with Crippen molar-refractivity contribution in [2.75, 3.05) is 11.9 Å². The fourth-order valence-electron chi connectivity index (χ4n) is 0.778. The molecule has 0 aliphatic heterocycles. The maximum absolute atomic E-state index is 8.53. The third kappa shape index (κ3) is 1.63. The topological polar surface area (TPSA) is 27.0 Å². The SMILES string of the molecule is CN(C#N)c1ccccc1Cl. The van der Waals surface area contributed by atoms with E-state index in [0.717, 1.165) is 5.69 Å². The lowest BCUT2D eigenvalue weighted by molar-refractivity contribution is 1.20. The monoisotopic (exact) mass is 166 g/mol. The molecule has 0 aliphatic carbocycles. The second-order valence-electron chi connectivity index (χ2n) is 2.11. The summed E-state index contributed by atoms with van der Waals surface area (Å²) in [7, 11) is 1.67. The van der Waals surface area contributed by atoms with Gasteiger partial charge in [-0.3, -0.25) is 4.90 Å². The number of para-hydroxylation sites is 1. The molecule has 0 N–H and O–H groups in total. The van der Waals surface area contributed by atoms with Crippen molar-refractivity contribution in [1.29, 1.82) is 5.26 Å². The van der Waals surface area contributed by atoms with Crippen LogP contribution in [-0.4, -0.2) is 7.05 Å². The Morgan fingerprint density at radius 3 is 2.64 bits per heavy atom. The van der Waals surface area contributed by atoms with Gasteiger partial charge in [-0.1, -0.05) is 23.7 Å². The standard InChI is InChI=1S/C8H7ClN2/c1-11(6-10)8-5-3-2-4-7(8)9/h2-5H,1H3. The number of halogens is 1. The number of nitrogens with zero attached hydrogens (tertiary/aromatic N) is 2. The van der Waals surface area contributed by atoms with Crippen LogP contribution in [0, 0.1) is 11.5 Å². The highest BCUT2D eigenvalue weighted by Crippen LogP contribution is 2.22. The van der Waals surface area contributed by atoms with Crippen LogP contribution in [-0.2, 0) is 0 Å². The Morgan fingerprint density at radius 2 is 2.09 bits per heavy atom. The van der Waals surface area contributed by atoms with Crippen molar-refractivity contribution in [3.05, 3.63) is 29.3 Å². The fourth-order valence-corrected chi connectivity index (χ4v) is 1.04. The van der Waals surface area contributed by atoms with Gasteiger partial charge in [-0.05, 0) is 12.1 Å². The molecule has 0 spiro atoms. The molecule has 3 heteroatoms. The number of hydrogen-bond acceptors (Lipinski definition) is 2. The summed E-state index contributed by atoms with van der Waals surface area (Å²) < 4.78 is 0. The van der Waals surface area contributed by atoms with Crippen LogP contribution in [0.1, 0.15) is 0 Å². The maximum atomic E-state index is 8.53. The summed E-state index contributed by atoms with van der Waals surface area (Å²) >= 11 is 5.81. The highest BCUT2D eigenvalue weighted by atomic mass is 35.5. The molecule has 0 aliphatic rings. The molecular formula is C8H7ClN2. The molecule has 0 fully saturated rings. The molecule has 0 saturated heterocycles. The molecular weight excluding hydrogens is 160 g/mol. The molecule has 0 atom stereocenters. The first-order valence-electron chi connectivity index (χ1n) is 3.13. The highest BCUT2D eigenvalue weighted by molar-refractivity contribution is 6.33. The fraction of sp³-hybridized carbons (Fsp3) is 0.125. The van der Waals surface area contributed by atoms with Gasteiger partial charge in [-0.25, -0.2) is 0 Å². The number of hydrogen-bond donors (Lipinski definition) is 0. The van der Waals surface area contributed by atoms with E-state index in [9.17, 15) is 0 Å². The Balaban J connectivity index is 3.05. The van der Waals surface area contributed by atoms with E-state index in [2.05, 4.69) is 0 Å². The lowest BCUT2D eigenvalue weighted by Gasteiger charge is -2.09. The summed E-state index contributed by atoms with van der Waals surface area (Å²) in [5.74, 6) is 0. The van der Waals surface area contributed by atoms with Crippen LogP contribution >= 0.6 is 11.6 Å². The summed E-state index contributed by atoms with van der Waals surface area (Å²) in [6.45, 7) is 0. The van der Waals surface area contributed by atoms with Gasteiger partial charge in [0.05, 0.1) is 10.7 Å². The Labute approximate surface area is 70.6 Å². The molecule has 1 aromatic rings. The van der Waals surface area contributed by atoms with E-state index >= 15 is 0 Å². The molecule has 1 aromatic carbocycles. The van der Waals surface area contributed by atoms with Crippen LogP contribution in [0.3, 0.4) is 0 Å². The van der Waals surface area contributed by atoms with Crippen molar-refractivity contribution in [1.82, 2.24) is 0 Å². The van der Waals surface area contributed by atoms with E-state index in [4.69, 9.17) is 16.9 Å². The minimum absolute atomic E-state index is 0.594. The van der Waals surface area contributed by atoms with Crippen LogP contribution < -0.4 is 4.90 Å². The third-order valence-corrected chi connectivity index (χ3v) is 1.68. The van der Waals surface area contributed by atoms with Gasteiger partial charge in [0.15, 0.2) is 6.19 Å². The first-order valence-corrected chi connectivity index (χ1v) is 3.51. The zero-order valence-electron chi connectivity index (χ0n) is 6.08. The third-order valence-electron chi connectivity index (χ3n) is 1.36. The van der Waals surface area contributed by atoms with Gasteiger partial charge in [0.25, 0.3) is 0 Å². The van der Waals surface area contributed by atoms with Crippen molar-refractivity contribution in [3.8, 4) is 6.19 Å². The van der Waals surface area contributed by atoms with Gasteiger partial charge < -0.3 is 0 Å². The second-order valence-corrected chi connectivity index (χ2v) is 2.52. The van der Waals surface area contributed by atoms with E-state index in [-0.39, 0.29) is 0 Å². The summed E-state index contributed by atoms with van der Waals surface area (Å²) in [5.41, 5.74) is 0.733. The van der Waals surface area contributed by atoms with E-state index in [1.54, 1.807) is 19.2 Å². The minimum atomic E-state index is 0.594. The van der Waals surface area contributed by atoms with Crippen molar-refractivity contribution in [3.63, 3.8) is 0 Å². The summed E-state index contributed by atoms with van der Waals surface area (Å²) in [4.78, 5) is 1.42. The van der Waals surface area contributed by atoms with Crippen molar-refractivity contribution < 1.29 is 0 Å². The quantitative estimate of drug-likeness (QED) is 0.473. The molecule has 56 valence electrons. The zero-order chi connectivity index (χ0) is 8.27. The first kappa shape index (κ1) is 7.90. The molecule has 0 amide bonds. The van der Waals surface area contributed by atoms with Gasteiger partial charge in [-0.15, -0.1) is 0 Å². The van der Waals surface area contributed by atoms with Gasteiger partial charge in [0.2, 0.25) is 0 Å². The average molecular weight is 167 g/mol. The normalized spacial score (nSPS) is 8.82. The summed E-state index contributed by atoms with van der Waals surface area (Å²) in [5, 5.41) is 9.12. The Bertz CT molecular complexity index is 290. The molecule has 2 nitrogen and oxygen atoms in total. The zero-order valence-corrected chi connectivity index (χ0v) is 6.84. The van der Waals surface area contributed by atoms with Crippen LogP contribution in [0.15, 0.2) is 24.3 Å². The second kappa shape index (κ2) is 3.27. The molecule has 0 unspecified atom stereocenters.